The first-order valence-electron chi connectivity index (χ1n) is 8.28. The van der Waals surface area contributed by atoms with Gasteiger partial charge in [0.25, 0.3) is 11.6 Å². The molecule has 1 saturated heterocycles. The van der Waals surface area contributed by atoms with Crippen LogP contribution in [0.4, 0.5) is 5.69 Å². The van der Waals surface area contributed by atoms with Crippen molar-refractivity contribution in [1.82, 2.24) is 4.90 Å². The first-order valence-corrected chi connectivity index (χ1v) is 8.28. The molecule has 1 aliphatic rings. The Morgan fingerprint density at radius 3 is 1.92 bits per heavy atom. The molecule has 0 N–H and O–H groups in total. The SMILES string of the molecule is CC.CC.COc1cc(C(=O)N2CCCC2)c([N+](=O)[O-])cc1OC. The van der Waals surface area contributed by atoms with E-state index >= 15 is 0 Å². The summed E-state index contributed by atoms with van der Waals surface area (Å²) in [6, 6.07) is 2.60. The van der Waals surface area contributed by atoms with Gasteiger partial charge in [-0.1, -0.05) is 27.7 Å². The summed E-state index contributed by atoms with van der Waals surface area (Å²) in [4.78, 5) is 24.6. The minimum absolute atomic E-state index is 0.0366. The van der Waals surface area contributed by atoms with Crippen molar-refractivity contribution < 1.29 is 19.2 Å². The zero-order valence-corrected chi connectivity index (χ0v) is 15.4. The number of nitrogens with zero attached hydrogens (tertiary/aromatic N) is 2. The molecular formula is C17H28N2O5. The number of nitro benzene ring substituents is 1. The number of carbonyl (C=O) groups excluding carboxylic acids is 1. The average molecular weight is 340 g/mol. The maximum absolute atomic E-state index is 12.4. The molecule has 136 valence electrons. The van der Waals surface area contributed by atoms with Gasteiger partial charge in [-0.05, 0) is 12.8 Å². The third-order valence-electron chi connectivity index (χ3n) is 3.32. The van der Waals surface area contributed by atoms with E-state index < -0.39 is 4.92 Å². The zero-order chi connectivity index (χ0) is 18.7. The molecule has 0 spiro atoms. The van der Waals surface area contributed by atoms with E-state index in [2.05, 4.69) is 0 Å². The number of benzene rings is 1. The summed E-state index contributed by atoms with van der Waals surface area (Å²) in [5.74, 6) is 0.202. The fourth-order valence-electron chi connectivity index (χ4n) is 2.28. The van der Waals surface area contributed by atoms with Gasteiger partial charge >= 0.3 is 0 Å². The van der Waals surface area contributed by atoms with E-state index in [0.717, 1.165) is 12.8 Å². The highest BCUT2D eigenvalue weighted by atomic mass is 16.6. The molecule has 0 atom stereocenters. The van der Waals surface area contributed by atoms with Crippen molar-refractivity contribution in [3.63, 3.8) is 0 Å². The predicted molar refractivity (Wildman–Crippen MR) is 94.0 cm³/mol. The van der Waals surface area contributed by atoms with Gasteiger partial charge in [0, 0.05) is 19.2 Å². The summed E-state index contributed by atoms with van der Waals surface area (Å²) >= 11 is 0. The van der Waals surface area contributed by atoms with Crippen LogP contribution in [0, 0.1) is 10.1 Å². The van der Waals surface area contributed by atoms with Crippen molar-refractivity contribution in [3.05, 3.63) is 27.8 Å². The van der Waals surface area contributed by atoms with Crippen LogP contribution < -0.4 is 9.47 Å². The summed E-state index contributed by atoms with van der Waals surface area (Å²) in [6.45, 7) is 9.26. The Morgan fingerprint density at radius 1 is 1.04 bits per heavy atom. The Labute approximate surface area is 143 Å². The largest absolute Gasteiger partial charge is 0.493 e. The van der Waals surface area contributed by atoms with Crippen LogP contribution in [0.25, 0.3) is 0 Å². The van der Waals surface area contributed by atoms with Crippen molar-refractivity contribution in [3.8, 4) is 11.5 Å². The van der Waals surface area contributed by atoms with Crippen molar-refractivity contribution in [2.75, 3.05) is 27.3 Å². The summed E-state index contributed by atoms with van der Waals surface area (Å²) < 4.78 is 10.1. The summed E-state index contributed by atoms with van der Waals surface area (Å²) in [5, 5.41) is 11.1. The van der Waals surface area contributed by atoms with E-state index in [4.69, 9.17) is 9.47 Å². The lowest BCUT2D eigenvalue weighted by Crippen LogP contribution is -2.28. The van der Waals surface area contributed by atoms with Crippen LogP contribution in [0.1, 0.15) is 50.9 Å². The Morgan fingerprint density at radius 2 is 1.50 bits per heavy atom. The molecule has 0 unspecified atom stereocenters. The van der Waals surface area contributed by atoms with Gasteiger partial charge in [-0.3, -0.25) is 14.9 Å². The lowest BCUT2D eigenvalue weighted by Gasteiger charge is -2.16. The van der Waals surface area contributed by atoms with E-state index in [1.54, 1.807) is 4.90 Å². The second kappa shape index (κ2) is 11.3. The maximum Gasteiger partial charge on any atom is 0.286 e. The van der Waals surface area contributed by atoms with Crippen LogP contribution >= 0.6 is 0 Å². The molecule has 24 heavy (non-hydrogen) atoms. The molecule has 7 nitrogen and oxygen atoms in total. The van der Waals surface area contributed by atoms with Gasteiger partial charge in [-0.25, -0.2) is 0 Å². The van der Waals surface area contributed by atoms with Crippen LogP contribution in [0.2, 0.25) is 0 Å². The molecule has 1 aromatic carbocycles. The molecule has 1 amide bonds. The Bertz CT molecular complexity index is 540. The van der Waals surface area contributed by atoms with E-state index in [-0.39, 0.29) is 22.9 Å². The lowest BCUT2D eigenvalue weighted by molar-refractivity contribution is -0.385. The summed E-state index contributed by atoms with van der Waals surface area (Å²) in [7, 11) is 2.82. The average Bonchev–Trinajstić information content (AvgIpc) is 3.17. The number of hydrogen-bond donors (Lipinski definition) is 0. The first kappa shape index (κ1) is 21.7. The van der Waals surface area contributed by atoms with Crippen molar-refractivity contribution >= 4 is 11.6 Å². The highest BCUT2D eigenvalue weighted by Crippen LogP contribution is 2.35. The second-order valence-electron chi connectivity index (χ2n) is 4.48. The van der Waals surface area contributed by atoms with Gasteiger partial charge in [0.1, 0.15) is 5.56 Å². The van der Waals surface area contributed by atoms with Crippen LogP contribution in [-0.2, 0) is 0 Å². The number of ether oxygens (including phenoxy) is 2. The van der Waals surface area contributed by atoms with Crippen LogP contribution in [0.3, 0.4) is 0 Å². The topological polar surface area (TPSA) is 81.9 Å². The number of methoxy groups -OCH3 is 2. The minimum atomic E-state index is -0.578. The third kappa shape index (κ3) is 5.11. The Hall–Kier alpha value is -2.31. The standard InChI is InChI=1S/C13H16N2O5.2C2H6/c1-19-11-7-9(13(16)14-5-3-4-6-14)10(15(17)18)8-12(11)20-2;2*1-2/h7-8H,3-6H2,1-2H3;2*1-2H3. The van der Waals surface area contributed by atoms with Crippen molar-refractivity contribution in [2.24, 2.45) is 0 Å². The maximum atomic E-state index is 12.4. The number of amides is 1. The Kier molecular flexibility index (Phi) is 10.2. The van der Waals surface area contributed by atoms with E-state index in [1.807, 2.05) is 27.7 Å². The molecule has 1 fully saturated rings. The summed E-state index contributed by atoms with van der Waals surface area (Å²) in [6.07, 6.45) is 1.85. The predicted octanol–water partition coefficient (Wildman–Crippen LogP) is 3.90. The van der Waals surface area contributed by atoms with Gasteiger partial charge in [-0.2, -0.15) is 0 Å². The van der Waals surface area contributed by atoms with Crippen LogP contribution in [-0.4, -0.2) is 43.0 Å². The highest BCUT2D eigenvalue weighted by Gasteiger charge is 2.29. The zero-order valence-electron chi connectivity index (χ0n) is 15.4. The van der Waals surface area contributed by atoms with Gasteiger partial charge in [0.2, 0.25) is 0 Å². The fourth-order valence-corrected chi connectivity index (χ4v) is 2.28. The van der Waals surface area contributed by atoms with Gasteiger partial charge < -0.3 is 14.4 Å². The van der Waals surface area contributed by atoms with Gasteiger partial charge in [0.05, 0.1) is 25.2 Å². The van der Waals surface area contributed by atoms with E-state index in [1.165, 1.54) is 26.4 Å². The fraction of sp³-hybridized carbons (Fsp3) is 0.588. The van der Waals surface area contributed by atoms with Crippen molar-refractivity contribution in [2.45, 2.75) is 40.5 Å². The van der Waals surface area contributed by atoms with Crippen molar-refractivity contribution in [1.29, 1.82) is 0 Å². The number of carbonyl (C=O) groups is 1. The van der Waals surface area contributed by atoms with Crippen LogP contribution in [0.15, 0.2) is 12.1 Å². The third-order valence-corrected chi connectivity index (χ3v) is 3.32. The molecule has 0 aromatic heterocycles. The molecule has 0 radical (unpaired) electrons. The minimum Gasteiger partial charge on any atom is -0.493 e. The first-order chi connectivity index (χ1) is 11.6. The molecule has 1 heterocycles. The molecule has 0 aliphatic carbocycles. The highest BCUT2D eigenvalue weighted by molar-refractivity contribution is 5.99. The smallest absolute Gasteiger partial charge is 0.286 e. The lowest BCUT2D eigenvalue weighted by atomic mass is 10.1. The molecule has 1 aromatic rings. The molecule has 7 heteroatoms. The Balaban J connectivity index is 0.00000123. The molecule has 0 bridgehead atoms. The van der Waals surface area contributed by atoms with Gasteiger partial charge in [-0.15, -0.1) is 0 Å². The molecule has 1 aliphatic heterocycles. The molecule has 0 saturated carbocycles. The summed E-state index contributed by atoms with van der Waals surface area (Å²) in [5.41, 5.74) is -0.228. The van der Waals surface area contributed by atoms with Gasteiger partial charge in [0.15, 0.2) is 11.5 Å². The van der Waals surface area contributed by atoms with Crippen LogP contribution in [0.5, 0.6) is 11.5 Å². The second-order valence-corrected chi connectivity index (χ2v) is 4.48. The van der Waals surface area contributed by atoms with E-state index in [9.17, 15) is 14.9 Å². The number of hydrogen-bond acceptors (Lipinski definition) is 5. The monoisotopic (exact) mass is 340 g/mol. The number of nitro groups is 1. The molecule has 2 rings (SSSR count). The number of likely N-dealkylation sites (tertiary alicyclic amines) is 1. The van der Waals surface area contributed by atoms with E-state index in [0.29, 0.717) is 18.8 Å². The molecular weight excluding hydrogens is 312 g/mol. The number of rotatable bonds is 4. The quantitative estimate of drug-likeness (QED) is 0.613. The normalized spacial score (nSPS) is 12.3.